The number of ether oxygens (including phenoxy) is 1. The van der Waals surface area contributed by atoms with Gasteiger partial charge in [0.1, 0.15) is 23.7 Å². The molecular formula is C32H35F4N7O3. The van der Waals surface area contributed by atoms with Crippen LogP contribution in [-0.2, 0) is 15.8 Å². The average molecular weight is 642 g/mol. The lowest BCUT2D eigenvalue weighted by atomic mass is 10.0. The molecule has 0 radical (unpaired) electrons. The molecule has 0 bridgehead atoms. The first kappa shape index (κ1) is 31.5. The van der Waals surface area contributed by atoms with E-state index in [0.717, 1.165) is 56.5 Å². The van der Waals surface area contributed by atoms with Crippen molar-refractivity contribution in [3.63, 3.8) is 0 Å². The summed E-state index contributed by atoms with van der Waals surface area (Å²) in [5.41, 5.74) is 0.801. The van der Waals surface area contributed by atoms with Crippen LogP contribution in [0.15, 0.2) is 55.4 Å². The molecular weight excluding hydrogens is 606 g/mol. The molecule has 2 N–H and O–H groups in total. The van der Waals surface area contributed by atoms with Gasteiger partial charge in [0.25, 0.3) is 0 Å². The molecule has 1 aliphatic carbocycles. The van der Waals surface area contributed by atoms with Gasteiger partial charge in [-0.2, -0.15) is 13.2 Å². The van der Waals surface area contributed by atoms with E-state index in [2.05, 4.69) is 37.0 Å². The number of anilines is 5. The van der Waals surface area contributed by atoms with Crippen molar-refractivity contribution in [2.45, 2.75) is 31.5 Å². The van der Waals surface area contributed by atoms with Crippen LogP contribution >= 0.6 is 0 Å². The zero-order valence-electron chi connectivity index (χ0n) is 25.3. The first-order valence-corrected chi connectivity index (χ1v) is 15.1. The standard InChI is InChI=1S/C32H35F4N7O3/c1-3-31(44)40-24-15-25(28(45-2)16-27(24)42-11-9-41(10-12-42)18-20-4-5-20)39-29-17-30(38-19-37-29)43-26(8-13-46-43)21-6-7-23(33)22(14-21)32(34,35)36/h3,6-7,14-17,19-20,26H,1,4-5,8-13,18H2,2H3,(H,40,44)(H,37,38,39)/t26-/m1/s1. The van der Waals surface area contributed by atoms with E-state index >= 15 is 0 Å². The number of halogens is 4. The number of hydrogen-bond donors (Lipinski definition) is 2. The van der Waals surface area contributed by atoms with Gasteiger partial charge in [0.2, 0.25) is 5.91 Å². The third-order valence-corrected chi connectivity index (χ3v) is 8.41. The Morgan fingerprint density at radius 1 is 1.09 bits per heavy atom. The summed E-state index contributed by atoms with van der Waals surface area (Å²) < 4.78 is 59.9. The molecule has 14 heteroatoms. The fourth-order valence-corrected chi connectivity index (χ4v) is 5.86. The second kappa shape index (κ2) is 13.1. The van der Waals surface area contributed by atoms with E-state index in [-0.39, 0.29) is 23.9 Å². The first-order valence-electron chi connectivity index (χ1n) is 15.1. The number of alkyl halides is 3. The van der Waals surface area contributed by atoms with Crippen LogP contribution in [0.2, 0.25) is 0 Å². The van der Waals surface area contributed by atoms with Crippen LogP contribution in [-0.4, -0.2) is 67.2 Å². The number of rotatable bonds is 10. The van der Waals surface area contributed by atoms with Crippen LogP contribution in [0.5, 0.6) is 5.75 Å². The fourth-order valence-electron chi connectivity index (χ4n) is 5.86. The zero-order valence-corrected chi connectivity index (χ0v) is 25.3. The van der Waals surface area contributed by atoms with E-state index in [0.29, 0.717) is 29.4 Å². The van der Waals surface area contributed by atoms with E-state index < -0.39 is 23.6 Å². The number of nitrogens with one attached hydrogen (secondary N) is 2. The molecule has 1 aromatic heterocycles. The molecule has 1 saturated carbocycles. The lowest BCUT2D eigenvalue weighted by Crippen LogP contribution is -2.47. The molecule has 0 spiro atoms. The lowest BCUT2D eigenvalue weighted by Gasteiger charge is -2.37. The van der Waals surface area contributed by atoms with Crippen molar-refractivity contribution in [3.05, 3.63) is 72.3 Å². The maximum Gasteiger partial charge on any atom is 0.419 e. The summed E-state index contributed by atoms with van der Waals surface area (Å²) in [4.78, 5) is 31.5. The maximum absolute atomic E-state index is 14.0. The van der Waals surface area contributed by atoms with E-state index in [1.165, 1.54) is 36.4 Å². The minimum absolute atomic E-state index is 0.229. The largest absolute Gasteiger partial charge is 0.494 e. The van der Waals surface area contributed by atoms with Crippen LogP contribution in [0.3, 0.4) is 0 Å². The highest BCUT2D eigenvalue weighted by molar-refractivity contribution is 6.02. The normalized spacial score (nSPS) is 18.8. The van der Waals surface area contributed by atoms with Crippen molar-refractivity contribution in [3.8, 4) is 5.75 Å². The Labute approximate surface area is 264 Å². The highest BCUT2D eigenvalue weighted by Gasteiger charge is 2.37. The third-order valence-electron chi connectivity index (χ3n) is 8.41. The number of carbonyl (C=O) groups excluding carboxylic acids is 1. The van der Waals surface area contributed by atoms with Gasteiger partial charge in [-0.25, -0.2) is 19.4 Å². The predicted molar refractivity (Wildman–Crippen MR) is 166 cm³/mol. The molecule has 1 atom stereocenters. The molecule has 6 rings (SSSR count). The minimum atomic E-state index is -4.83. The molecule has 3 fully saturated rings. The van der Waals surface area contributed by atoms with Gasteiger partial charge in [-0.1, -0.05) is 12.6 Å². The van der Waals surface area contributed by atoms with E-state index in [4.69, 9.17) is 9.57 Å². The quantitative estimate of drug-likeness (QED) is 0.207. The Morgan fingerprint density at radius 2 is 1.87 bits per heavy atom. The van der Waals surface area contributed by atoms with Crippen molar-refractivity contribution in [1.29, 1.82) is 0 Å². The van der Waals surface area contributed by atoms with Crippen molar-refractivity contribution in [1.82, 2.24) is 14.9 Å². The molecule has 3 aromatic rings. The molecule has 0 unspecified atom stereocenters. The van der Waals surface area contributed by atoms with Crippen LogP contribution < -0.4 is 25.3 Å². The minimum Gasteiger partial charge on any atom is -0.494 e. The summed E-state index contributed by atoms with van der Waals surface area (Å²) in [6.07, 6.45) is 0.646. The van der Waals surface area contributed by atoms with Gasteiger partial charge in [0.15, 0.2) is 5.82 Å². The Morgan fingerprint density at radius 3 is 2.57 bits per heavy atom. The highest BCUT2D eigenvalue weighted by atomic mass is 19.4. The number of nitrogens with zero attached hydrogens (tertiary/aromatic N) is 5. The summed E-state index contributed by atoms with van der Waals surface area (Å²) >= 11 is 0. The van der Waals surface area contributed by atoms with Crippen LogP contribution in [0.25, 0.3) is 0 Å². The summed E-state index contributed by atoms with van der Waals surface area (Å²) in [6.45, 7) is 8.38. The van der Waals surface area contributed by atoms with E-state index in [9.17, 15) is 22.4 Å². The number of piperazine rings is 1. The molecule has 2 aliphatic heterocycles. The van der Waals surface area contributed by atoms with Gasteiger partial charge in [0, 0.05) is 51.3 Å². The highest BCUT2D eigenvalue weighted by Crippen LogP contribution is 2.41. The summed E-state index contributed by atoms with van der Waals surface area (Å²) in [5.74, 6) is 0.256. The maximum atomic E-state index is 14.0. The number of methoxy groups -OCH3 is 1. The summed E-state index contributed by atoms with van der Waals surface area (Å²) in [5, 5.41) is 7.53. The topological polar surface area (TPSA) is 95.1 Å². The van der Waals surface area contributed by atoms with Crippen molar-refractivity contribution in [2.75, 3.05) is 67.0 Å². The van der Waals surface area contributed by atoms with Gasteiger partial charge in [-0.3, -0.25) is 14.5 Å². The number of benzene rings is 2. The molecule has 244 valence electrons. The van der Waals surface area contributed by atoms with Crippen molar-refractivity contribution >= 4 is 34.6 Å². The van der Waals surface area contributed by atoms with Crippen molar-refractivity contribution in [2.24, 2.45) is 5.92 Å². The number of hydroxylamine groups is 1. The molecule has 3 heterocycles. The second-order valence-corrected chi connectivity index (χ2v) is 11.6. The number of aromatic nitrogens is 2. The fraction of sp³-hybridized carbons (Fsp3) is 0.406. The Hall–Kier alpha value is -4.43. The van der Waals surface area contributed by atoms with Crippen LogP contribution in [0.1, 0.15) is 36.4 Å². The second-order valence-electron chi connectivity index (χ2n) is 11.6. The SMILES string of the molecule is C=CC(=O)Nc1cc(Nc2cc(N3OCC[C@@H]3c3ccc(F)c(C(F)(F)F)c3)ncn2)c(OC)cc1N1CCN(CC2CC2)CC1. The molecule has 2 saturated heterocycles. The van der Waals surface area contributed by atoms with E-state index in [1.807, 2.05) is 6.07 Å². The van der Waals surface area contributed by atoms with Gasteiger partial charge in [-0.15, -0.1) is 0 Å². The number of amides is 1. The van der Waals surface area contributed by atoms with Gasteiger partial charge in [-0.05, 0) is 48.6 Å². The van der Waals surface area contributed by atoms with E-state index in [1.54, 1.807) is 19.2 Å². The monoisotopic (exact) mass is 641 g/mol. The lowest BCUT2D eigenvalue weighted by molar-refractivity contribution is -0.140. The number of hydrogen-bond acceptors (Lipinski definition) is 9. The molecule has 1 amide bonds. The zero-order chi connectivity index (χ0) is 32.4. The van der Waals surface area contributed by atoms with Gasteiger partial charge in [0.05, 0.1) is 42.4 Å². The Bertz CT molecular complexity index is 1590. The predicted octanol–water partition coefficient (Wildman–Crippen LogP) is 5.93. The Kier molecular flexibility index (Phi) is 9.00. The smallest absolute Gasteiger partial charge is 0.419 e. The first-order chi connectivity index (χ1) is 22.1. The van der Waals surface area contributed by atoms with Crippen molar-refractivity contribution < 1.29 is 31.9 Å². The molecule has 3 aliphatic rings. The summed E-state index contributed by atoms with van der Waals surface area (Å²) in [7, 11) is 1.55. The average Bonchev–Trinajstić information content (AvgIpc) is 3.72. The van der Waals surface area contributed by atoms with Crippen LogP contribution in [0.4, 0.5) is 46.3 Å². The number of carbonyl (C=O) groups is 1. The summed E-state index contributed by atoms with van der Waals surface area (Å²) in [6, 6.07) is 7.52. The third kappa shape index (κ3) is 7.02. The molecule has 46 heavy (non-hydrogen) atoms. The van der Waals surface area contributed by atoms with Gasteiger partial charge >= 0.3 is 6.18 Å². The van der Waals surface area contributed by atoms with Crippen LogP contribution in [0, 0.1) is 11.7 Å². The molecule has 10 nitrogen and oxygen atoms in total. The van der Waals surface area contributed by atoms with Gasteiger partial charge < -0.3 is 20.3 Å². The molecule has 2 aromatic carbocycles. The Balaban J connectivity index is 1.25.